The quantitative estimate of drug-likeness (QED) is 0.387. The van der Waals surface area contributed by atoms with Gasteiger partial charge in [0.1, 0.15) is 0 Å². The Morgan fingerprint density at radius 2 is 2.29 bits per heavy atom. The number of nitrogens with two attached hydrogens (primary N) is 1. The number of amidine groups is 1. The summed E-state index contributed by atoms with van der Waals surface area (Å²) in [7, 11) is 0. The number of halogens is 2. The van der Waals surface area contributed by atoms with Gasteiger partial charge in [0.25, 0.3) is 0 Å². The maximum Gasteiger partial charge on any atom is 0.170 e. The topological polar surface area (TPSA) is 76.4 Å². The summed E-state index contributed by atoms with van der Waals surface area (Å²) in [5.74, 6) is 0.0516. The van der Waals surface area contributed by atoms with Gasteiger partial charge >= 0.3 is 0 Å². The van der Waals surface area contributed by atoms with E-state index in [2.05, 4.69) is 26.2 Å². The van der Waals surface area contributed by atoms with Crippen LogP contribution >= 0.6 is 27.5 Å². The van der Waals surface area contributed by atoms with Gasteiger partial charge in [0, 0.05) is 16.2 Å². The SMILES string of the molecule is N/C(=N/O)c1ccc(-n2cc(Cl)cn2)c(Br)c1. The van der Waals surface area contributed by atoms with Crippen LogP contribution in [0.15, 0.2) is 40.2 Å². The number of nitrogens with zero attached hydrogens (tertiary/aromatic N) is 3. The van der Waals surface area contributed by atoms with E-state index in [0.29, 0.717) is 10.6 Å². The van der Waals surface area contributed by atoms with E-state index in [9.17, 15) is 0 Å². The number of hydrogen-bond donors (Lipinski definition) is 2. The number of benzene rings is 1. The predicted molar refractivity (Wildman–Crippen MR) is 68.8 cm³/mol. The van der Waals surface area contributed by atoms with Gasteiger partial charge in [0.15, 0.2) is 5.84 Å². The van der Waals surface area contributed by atoms with Crippen LogP contribution in [0.25, 0.3) is 5.69 Å². The maximum absolute atomic E-state index is 8.58. The zero-order valence-electron chi connectivity index (χ0n) is 8.51. The molecule has 1 aromatic carbocycles. The van der Waals surface area contributed by atoms with E-state index >= 15 is 0 Å². The molecular formula is C10H8BrClN4O. The van der Waals surface area contributed by atoms with Crippen molar-refractivity contribution in [1.82, 2.24) is 9.78 Å². The summed E-state index contributed by atoms with van der Waals surface area (Å²) in [5.41, 5.74) is 6.92. The smallest absolute Gasteiger partial charge is 0.170 e. The molecule has 2 aromatic rings. The Morgan fingerprint density at radius 1 is 1.53 bits per heavy atom. The van der Waals surface area contributed by atoms with Gasteiger partial charge in [-0.05, 0) is 34.1 Å². The molecule has 0 aliphatic rings. The first-order chi connectivity index (χ1) is 8.11. The minimum Gasteiger partial charge on any atom is -0.409 e. The Bertz CT molecular complexity index is 581. The maximum atomic E-state index is 8.58. The third-order valence-corrected chi connectivity index (χ3v) is 2.98. The highest BCUT2D eigenvalue weighted by Gasteiger charge is 2.07. The van der Waals surface area contributed by atoms with Crippen molar-refractivity contribution in [2.45, 2.75) is 0 Å². The molecule has 3 N–H and O–H groups in total. The molecule has 0 saturated heterocycles. The summed E-state index contributed by atoms with van der Waals surface area (Å²) in [6.07, 6.45) is 3.23. The number of aromatic nitrogens is 2. The molecule has 0 aliphatic carbocycles. The predicted octanol–water partition coefficient (Wildman–Crippen LogP) is 2.38. The van der Waals surface area contributed by atoms with Crippen molar-refractivity contribution in [3.63, 3.8) is 0 Å². The first-order valence-electron chi connectivity index (χ1n) is 4.60. The molecule has 88 valence electrons. The van der Waals surface area contributed by atoms with Crippen molar-refractivity contribution in [3.05, 3.63) is 45.7 Å². The molecule has 0 bridgehead atoms. The van der Waals surface area contributed by atoms with Crippen LogP contribution in [0.2, 0.25) is 5.02 Å². The molecule has 1 aromatic heterocycles. The first kappa shape index (κ1) is 11.9. The largest absolute Gasteiger partial charge is 0.409 e. The summed E-state index contributed by atoms with van der Waals surface area (Å²) in [6, 6.07) is 5.26. The number of rotatable bonds is 2. The van der Waals surface area contributed by atoms with Crippen molar-refractivity contribution in [1.29, 1.82) is 0 Å². The molecule has 0 saturated carbocycles. The minimum atomic E-state index is 0.0516. The lowest BCUT2D eigenvalue weighted by molar-refractivity contribution is 0.318. The Morgan fingerprint density at radius 3 is 2.82 bits per heavy atom. The lowest BCUT2D eigenvalue weighted by atomic mass is 10.2. The molecule has 0 aliphatic heterocycles. The molecule has 0 radical (unpaired) electrons. The summed E-state index contributed by atoms with van der Waals surface area (Å²) in [5, 5.41) is 16.2. The van der Waals surface area contributed by atoms with Crippen LogP contribution in [-0.4, -0.2) is 20.8 Å². The van der Waals surface area contributed by atoms with E-state index in [0.717, 1.165) is 10.2 Å². The second kappa shape index (κ2) is 4.77. The minimum absolute atomic E-state index is 0.0516. The normalized spacial score (nSPS) is 11.8. The molecule has 0 amide bonds. The molecule has 1 heterocycles. The molecule has 0 atom stereocenters. The van der Waals surface area contributed by atoms with Crippen molar-refractivity contribution < 1.29 is 5.21 Å². The third kappa shape index (κ3) is 2.42. The Labute approximate surface area is 111 Å². The highest BCUT2D eigenvalue weighted by atomic mass is 79.9. The molecule has 7 heteroatoms. The summed E-state index contributed by atoms with van der Waals surface area (Å²) in [6.45, 7) is 0. The third-order valence-electron chi connectivity index (χ3n) is 2.15. The lowest BCUT2D eigenvalue weighted by Gasteiger charge is -2.06. The van der Waals surface area contributed by atoms with E-state index in [1.54, 1.807) is 35.3 Å². The van der Waals surface area contributed by atoms with Gasteiger partial charge < -0.3 is 10.9 Å². The molecule has 2 rings (SSSR count). The van der Waals surface area contributed by atoms with Gasteiger partial charge in [0.2, 0.25) is 0 Å². The fourth-order valence-electron chi connectivity index (χ4n) is 1.34. The Hall–Kier alpha value is -1.53. The highest BCUT2D eigenvalue weighted by molar-refractivity contribution is 9.10. The summed E-state index contributed by atoms with van der Waals surface area (Å²) >= 11 is 9.19. The molecule has 5 nitrogen and oxygen atoms in total. The second-order valence-electron chi connectivity index (χ2n) is 3.25. The van der Waals surface area contributed by atoms with Crippen molar-refractivity contribution >= 4 is 33.4 Å². The van der Waals surface area contributed by atoms with Crippen molar-refractivity contribution in [2.24, 2.45) is 10.9 Å². The standard InChI is InChI=1S/C10H8BrClN4O/c11-8-3-6(10(13)15-17)1-2-9(8)16-5-7(12)4-14-16/h1-5,17H,(H2,13,15). The van der Waals surface area contributed by atoms with Crippen LogP contribution in [0, 0.1) is 0 Å². The molecule has 17 heavy (non-hydrogen) atoms. The van der Waals surface area contributed by atoms with Gasteiger partial charge in [-0.15, -0.1) is 0 Å². The van der Waals surface area contributed by atoms with Gasteiger partial charge in [-0.1, -0.05) is 16.8 Å². The molecule has 0 unspecified atom stereocenters. The van der Waals surface area contributed by atoms with Crippen LogP contribution in [0.4, 0.5) is 0 Å². The van der Waals surface area contributed by atoms with Crippen molar-refractivity contribution in [2.75, 3.05) is 0 Å². The zero-order valence-corrected chi connectivity index (χ0v) is 10.9. The van der Waals surface area contributed by atoms with Gasteiger partial charge in [0.05, 0.1) is 16.9 Å². The van der Waals surface area contributed by atoms with Gasteiger partial charge in [-0.25, -0.2) is 4.68 Å². The average molecular weight is 316 g/mol. The number of hydrogen-bond acceptors (Lipinski definition) is 3. The summed E-state index contributed by atoms with van der Waals surface area (Å²) < 4.78 is 2.39. The lowest BCUT2D eigenvalue weighted by Crippen LogP contribution is -2.13. The molecule has 0 spiro atoms. The number of oxime groups is 1. The second-order valence-corrected chi connectivity index (χ2v) is 4.55. The van der Waals surface area contributed by atoms with E-state index in [1.807, 2.05) is 0 Å². The van der Waals surface area contributed by atoms with Crippen LogP contribution in [-0.2, 0) is 0 Å². The van der Waals surface area contributed by atoms with Crippen molar-refractivity contribution in [3.8, 4) is 5.69 Å². The zero-order chi connectivity index (χ0) is 12.4. The van der Waals surface area contributed by atoms with E-state index < -0.39 is 0 Å². The van der Waals surface area contributed by atoms with Gasteiger partial charge in [-0.3, -0.25) is 0 Å². The Balaban J connectivity index is 2.45. The fourth-order valence-corrected chi connectivity index (χ4v) is 2.04. The van der Waals surface area contributed by atoms with E-state index in [4.69, 9.17) is 22.5 Å². The first-order valence-corrected chi connectivity index (χ1v) is 5.77. The van der Waals surface area contributed by atoms with E-state index in [-0.39, 0.29) is 5.84 Å². The van der Waals surface area contributed by atoms with Crippen LogP contribution in [0.1, 0.15) is 5.56 Å². The highest BCUT2D eigenvalue weighted by Crippen LogP contribution is 2.23. The molecule has 0 fully saturated rings. The summed E-state index contributed by atoms with van der Waals surface area (Å²) in [4.78, 5) is 0. The monoisotopic (exact) mass is 314 g/mol. The van der Waals surface area contributed by atoms with Crippen LogP contribution in [0.3, 0.4) is 0 Å². The van der Waals surface area contributed by atoms with Crippen LogP contribution in [0.5, 0.6) is 0 Å². The van der Waals surface area contributed by atoms with Gasteiger partial charge in [-0.2, -0.15) is 5.10 Å². The fraction of sp³-hybridized carbons (Fsp3) is 0. The van der Waals surface area contributed by atoms with Crippen LogP contribution < -0.4 is 5.73 Å². The molecular weight excluding hydrogens is 307 g/mol. The average Bonchev–Trinajstić information content (AvgIpc) is 2.74. The Kier molecular flexibility index (Phi) is 3.35. The van der Waals surface area contributed by atoms with E-state index in [1.165, 1.54) is 0 Å².